The van der Waals surface area contributed by atoms with Gasteiger partial charge in [0.2, 0.25) is 0 Å². The maximum absolute atomic E-state index is 8.74. The van der Waals surface area contributed by atoms with Crippen LogP contribution in [0.3, 0.4) is 0 Å². The van der Waals surface area contributed by atoms with Crippen LogP contribution in [0.4, 0.5) is 0 Å². The molecule has 14 heavy (non-hydrogen) atoms. The Hall–Kier alpha value is 0.870. The molecule has 0 aromatic heterocycles. The average Bonchev–Trinajstić information content (AvgIpc) is 1.95. The van der Waals surface area contributed by atoms with Crippen LogP contribution in [0, 0.1) is 0 Å². The average molecular weight is 236 g/mol. The third-order valence-corrected chi connectivity index (χ3v) is 1.46. The second-order valence-electron chi connectivity index (χ2n) is 2.86. The molecule has 0 aliphatic carbocycles. The van der Waals surface area contributed by atoms with Crippen LogP contribution in [0.1, 0.15) is 53.8 Å². The van der Waals surface area contributed by atoms with Crippen molar-refractivity contribution in [2.75, 3.05) is 0 Å². The predicted molar refractivity (Wildman–Crippen MR) is 54.3 cm³/mol. The molecule has 0 bridgehead atoms. The first-order chi connectivity index (χ1) is 5.91. The van der Waals surface area contributed by atoms with E-state index in [9.17, 15) is 0 Å². The normalized spacial score (nSPS) is 9.71. The fourth-order valence-electron chi connectivity index (χ4n) is 0.854. The summed E-state index contributed by atoms with van der Waals surface area (Å²) in [5, 5.41) is 0. The van der Waals surface area contributed by atoms with Crippen LogP contribution in [0.25, 0.3) is 0 Å². The first-order valence-corrected chi connectivity index (χ1v) is 6.01. The number of rotatable bonds is 5. The number of hydrogen-bond donors (Lipinski definition) is 2. The zero-order valence-corrected chi connectivity index (χ0v) is 12.2. The molecule has 0 fully saturated rings. The molecule has 0 saturated carbocycles. The zero-order chi connectivity index (χ0) is 10.7. The summed E-state index contributed by atoms with van der Waals surface area (Å²) in [5.74, 6) is 0. The molecule has 4 nitrogen and oxygen atoms in total. The molecule has 0 aromatic carbocycles. The molecule has 0 amide bonds. The maximum Gasteiger partial charge on any atom is 1.00 e. The van der Waals surface area contributed by atoms with Crippen molar-refractivity contribution in [2.45, 2.75) is 52.4 Å². The van der Waals surface area contributed by atoms with E-state index in [4.69, 9.17) is 17.5 Å². The molecule has 2 N–H and O–H groups in total. The maximum atomic E-state index is 8.74. The Morgan fingerprint density at radius 2 is 1.14 bits per heavy atom. The molecule has 0 unspecified atom stereocenters. The fraction of sp³-hybridized carbons (Fsp3) is 1.00. The van der Waals surface area contributed by atoms with E-state index in [1.165, 1.54) is 38.5 Å². The van der Waals surface area contributed by atoms with E-state index in [2.05, 4.69) is 13.8 Å². The molecule has 84 valence electrons. The first kappa shape index (κ1) is 20.3. The topological polar surface area (TPSA) is 74.6 Å². The van der Waals surface area contributed by atoms with Gasteiger partial charge in [-0.3, -0.25) is 9.11 Å². The smallest absolute Gasteiger partial charge is 1.00 e. The van der Waals surface area contributed by atoms with E-state index in [1.807, 2.05) is 0 Å². The summed E-state index contributed by atoms with van der Waals surface area (Å²) in [7, 11) is -4.67. The summed E-state index contributed by atoms with van der Waals surface area (Å²) >= 11 is 0. The van der Waals surface area contributed by atoms with Gasteiger partial charge in [0.15, 0.2) is 0 Å². The fourth-order valence-corrected chi connectivity index (χ4v) is 0.854. The Kier molecular flexibility index (Phi) is 20.1. The molecular formula is C8H21NaO4S. The Labute approximate surface area is 111 Å². The largest absolute Gasteiger partial charge is 1.00 e. The van der Waals surface area contributed by atoms with E-state index in [0.717, 1.165) is 0 Å². The van der Waals surface area contributed by atoms with E-state index in [1.54, 1.807) is 0 Å². The SMILES string of the molecule is CCCCCCCC.O=S(=O)(O)O.[H-].[Na+]. The van der Waals surface area contributed by atoms with Crippen molar-refractivity contribution in [1.29, 1.82) is 0 Å². The number of hydrogen-bond acceptors (Lipinski definition) is 2. The molecule has 0 heterocycles. The van der Waals surface area contributed by atoms with Crippen molar-refractivity contribution in [3.8, 4) is 0 Å². The monoisotopic (exact) mass is 236 g/mol. The summed E-state index contributed by atoms with van der Waals surface area (Å²) in [6.45, 7) is 4.51. The minimum absolute atomic E-state index is 0. The van der Waals surface area contributed by atoms with Crippen LogP contribution in [0.15, 0.2) is 0 Å². The summed E-state index contributed by atoms with van der Waals surface area (Å²) in [4.78, 5) is 0. The van der Waals surface area contributed by atoms with Gasteiger partial charge in [-0.15, -0.1) is 0 Å². The van der Waals surface area contributed by atoms with Gasteiger partial charge < -0.3 is 1.43 Å². The molecule has 0 radical (unpaired) electrons. The molecule has 0 aliphatic rings. The van der Waals surface area contributed by atoms with Crippen molar-refractivity contribution in [3.05, 3.63) is 0 Å². The Balaban J connectivity index is -0.0000000770. The van der Waals surface area contributed by atoms with Gasteiger partial charge in [0.25, 0.3) is 0 Å². The zero-order valence-electron chi connectivity index (χ0n) is 10.4. The number of unbranched alkanes of at least 4 members (excludes halogenated alkanes) is 5. The Morgan fingerprint density at radius 3 is 1.29 bits per heavy atom. The molecule has 0 atom stereocenters. The van der Waals surface area contributed by atoms with E-state index >= 15 is 0 Å². The Morgan fingerprint density at radius 1 is 0.929 bits per heavy atom. The third kappa shape index (κ3) is 52.6. The van der Waals surface area contributed by atoms with Crippen molar-refractivity contribution < 1.29 is 48.5 Å². The van der Waals surface area contributed by atoms with Gasteiger partial charge in [0.05, 0.1) is 0 Å². The van der Waals surface area contributed by atoms with Crippen LogP contribution in [0.5, 0.6) is 0 Å². The Bertz CT molecular complexity index is 171. The second kappa shape index (κ2) is 13.9. The van der Waals surface area contributed by atoms with Crippen LogP contribution in [-0.4, -0.2) is 17.5 Å². The molecule has 0 aliphatic heterocycles. The minimum Gasteiger partial charge on any atom is -1.00 e. The van der Waals surface area contributed by atoms with Crippen LogP contribution >= 0.6 is 0 Å². The molecule has 0 aromatic rings. The van der Waals surface area contributed by atoms with Gasteiger partial charge in [-0.05, 0) is 0 Å². The minimum atomic E-state index is -4.67. The predicted octanol–water partition coefficient (Wildman–Crippen LogP) is -0.169. The van der Waals surface area contributed by atoms with Crippen molar-refractivity contribution in [1.82, 2.24) is 0 Å². The van der Waals surface area contributed by atoms with Gasteiger partial charge >= 0.3 is 40.0 Å². The summed E-state index contributed by atoms with van der Waals surface area (Å²) < 4.78 is 31.6. The molecule has 0 spiro atoms. The summed E-state index contributed by atoms with van der Waals surface area (Å²) in [6, 6.07) is 0. The van der Waals surface area contributed by atoms with Crippen LogP contribution in [-0.2, 0) is 10.4 Å². The molecule has 6 heteroatoms. The van der Waals surface area contributed by atoms with Gasteiger partial charge in [0.1, 0.15) is 0 Å². The molecule has 0 saturated heterocycles. The summed E-state index contributed by atoms with van der Waals surface area (Å²) in [5.41, 5.74) is 0. The molecule has 0 rings (SSSR count). The second-order valence-corrected chi connectivity index (χ2v) is 3.76. The quantitative estimate of drug-likeness (QED) is 0.395. The van der Waals surface area contributed by atoms with Crippen molar-refractivity contribution >= 4 is 10.4 Å². The van der Waals surface area contributed by atoms with Gasteiger partial charge in [0, 0.05) is 0 Å². The van der Waals surface area contributed by atoms with Gasteiger partial charge in [-0.1, -0.05) is 52.4 Å². The van der Waals surface area contributed by atoms with E-state index in [0.29, 0.717) is 0 Å². The van der Waals surface area contributed by atoms with Crippen molar-refractivity contribution in [2.24, 2.45) is 0 Å². The van der Waals surface area contributed by atoms with E-state index in [-0.39, 0.29) is 31.0 Å². The standard InChI is InChI=1S/C8H18.Na.H2O4S.H/c1-3-5-7-8-6-4-2;;1-5(2,3)4;/h3-8H2,1-2H3;;(H2,1,2,3,4);/q;+1;;-1. The van der Waals surface area contributed by atoms with E-state index < -0.39 is 10.4 Å². The van der Waals surface area contributed by atoms with Crippen molar-refractivity contribution in [3.63, 3.8) is 0 Å². The summed E-state index contributed by atoms with van der Waals surface area (Å²) in [6.07, 6.45) is 8.49. The first-order valence-electron chi connectivity index (χ1n) is 4.61. The van der Waals surface area contributed by atoms with Crippen LogP contribution in [0.2, 0.25) is 0 Å². The molecular weight excluding hydrogens is 215 g/mol. The van der Waals surface area contributed by atoms with Gasteiger partial charge in [-0.2, -0.15) is 8.42 Å². The third-order valence-electron chi connectivity index (χ3n) is 1.46. The van der Waals surface area contributed by atoms with Crippen LogP contribution < -0.4 is 29.6 Å². The van der Waals surface area contributed by atoms with Gasteiger partial charge in [-0.25, -0.2) is 0 Å².